The molecule has 19 heavy (non-hydrogen) atoms. The van der Waals surface area contributed by atoms with E-state index in [1.807, 2.05) is 45.9 Å². The molecule has 0 N–H and O–H groups in total. The van der Waals surface area contributed by atoms with Crippen LogP contribution in [-0.2, 0) is 0 Å². The minimum atomic E-state index is -0.421. The van der Waals surface area contributed by atoms with Crippen molar-refractivity contribution < 1.29 is 4.92 Å². The highest BCUT2D eigenvalue weighted by Gasteiger charge is 2.14. The van der Waals surface area contributed by atoms with E-state index in [1.165, 1.54) is 6.07 Å². The Bertz CT molecular complexity index is 485. The molecule has 0 atom stereocenters. The lowest BCUT2D eigenvalue weighted by Crippen LogP contribution is -1.93. The molecule has 1 aromatic carbocycles. The second-order valence-electron chi connectivity index (χ2n) is 2.99. The maximum Gasteiger partial charge on any atom is 0.295 e. The van der Waals surface area contributed by atoms with Gasteiger partial charge in [-0.25, -0.2) is 4.98 Å². The minimum absolute atomic E-state index is 0.0312. The molecule has 4 nitrogen and oxygen atoms in total. The van der Waals surface area contributed by atoms with Crippen LogP contribution in [0.4, 0.5) is 5.69 Å². The zero-order valence-electron chi connectivity index (χ0n) is 11.8. The quantitative estimate of drug-likeness (QED) is 0.580. The summed E-state index contributed by atoms with van der Waals surface area (Å²) in [6, 6.07) is 12.1. The van der Waals surface area contributed by atoms with E-state index < -0.39 is 4.92 Å². The van der Waals surface area contributed by atoms with E-state index in [9.17, 15) is 10.1 Å². The zero-order valence-corrected chi connectivity index (χ0v) is 11.8. The molecule has 102 valence electrons. The number of pyridine rings is 1. The van der Waals surface area contributed by atoms with Crippen molar-refractivity contribution in [3.05, 3.63) is 58.8 Å². The first-order valence-electron chi connectivity index (χ1n) is 6.44. The first kappa shape index (κ1) is 16.8. The van der Waals surface area contributed by atoms with Crippen LogP contribution in [-0.4, -0.2) is 9.91 Å². The standard InChI is InChI=1S/C11H8N2O2.2C2H6/c14-13(15)10-7-4-8-12-11(10)9-5-2-1-3-6-9;2*1-2/h1-8H;2*1-2H3. The zero-order chi connectivity index (χ0) is 14.7. The summed E-state index contributed by atoms with van der Waals surface area (Å²) in [5.41, 5.74) is 1.19. The van der Waals surface area contributed by atoms with E-state index in [-0.39, 0.29) is 5.69 Å². The molecule has 0 amide bonds. The first-order chi connectivity index (χ1) is 9.29. The van der Waals surface area contributed by atoms with Gasteiger partial charge in [-0.05, 0) is 6.07 Å². The van der Waals surface area contributed by atoms with Crippen molar-refractivity contribution in [1.82, 2.24) is 4.98 Å². The van der Waals surface area contributed by atoms with Crippen LogP contribution >= 0.6 is 0 Å². The highest BCUT2D eigenvalue weighted by atomic mass is 16.6. The molecule has 0 radical (unpaired) electrons. The number of nitrogens with zero attached hydrogens (tertiary/aromatic N) is 2. The molecule has 0 aliphatic carbocycles. The summed E-state index contributed by atoms with van der Waals surface area (Å²) in [7, 11) is 0. The van der Waals surface area contributed by atoms with Gasteiger partial charge in [0.15, 0.2) is 0 Å². The van der Waals surface area contributed by atoms with Gasteiger partial charge in [-0.3, -0.25) is 10.1 Å². The van der Waals surface area contributed by atoms with Crippen LogP contribution in [0.15, 0.2) is 48.7 Å². The third-order valence-corrected chi connectivity index (χ3v) is 2.03. The van der Waals surface area contributed by atoms with Gasteiger partial charge in [0.1, 0.15) is 5.69 Å². The van der Waals surface area contributed by atoms with Crippen molar-refractivity contribution >= 4 is 5.69 Å². The van der Waals surface area contributed by atoms with Gasteiger partial charge in [-0.1, -0.05) is 58.0 Å². The predicted molar refractivity (Wildman–Crippen MR) is 79.0 cm³/mol. The molecule has 1 heterocycles. The monoisotopic (exact) mass is 260 g/mol. The molecule has 0 bridgehead atoms. The van der Waals surface area contributed by atoms with Gasteiger partial charge in [-0.2, -0.15) is 0 Å². The van der Waals surface area contributed by atoms with Crippen LogP contribution in [0.5, 0.6) is 0 Å². The smallest absolute Gasteiger partial charge is 0.258 e. The lowest BCUT2D eigenvalue weighted by atomic mass is 10.1. The molecule has 2 aromatic rings. The first-order valence-corrected chi connectivity index (χ1v) is 6.44. The lowest BCUT2D eigenvalue weighted by molar-refractivity contribution is -0.384. The van der Waals surface area contributed by atoms with Gasteiger partial charge in [0.05, 0.1) is 4.92 Å². The van der Waals surface area contributed by atoms with Crippen LogP contribution in [0, 0.1) is 10.1 Å². The van der Waals surface area contributed by atoms with E-state index in [2.05, 4.69) is 4.98 Å². The van der Waals surface area contributed by atoms with Crippen LogP contribution in [0.25, 0.3) is 11.3 Å². The third kappa shape index (κ3) is 4.87. The highest BCUT2D eigenvalue weighted by Crippen LogP contribution is 2.26. The second kappa shape index (κ2) is 9.76. The van der Waals surface area contributed by atoms with Crippen LogP contribution in [0.2, 0.25) is 0 Å². The number of hydrogen-bond donors (Lipinski definition) is 0. The fourth-order valence-corrected chi connectivity index (χ4v) is 1.36. The topological polar surface area (TPSA) is 56.0 Å². The van der Waals surface area contributed by atoms with Gasteiger partial charge < -0.3 is 0 Å². The summed E-state index contributed by atoms with van der Waals surface area (Å²) in [6.45, 7) is 8.00. The SMILES string of the molecule is CC.CC.O=[N+]([O-])c1cccnc1-c1ccccc1. The summed E-state index contributed by atoms with van der Waals surface area (Å²) >= 11 is 0. The molecule has 4 heteroatoms. The van der Waals surface area contributed by atoms with Gasteiger partial charge in [0, 0.05) is 17.8 Å². The maximum atomic E-state index is 10.8. The van der Waals surface area contributed by atoms with E-state index in [1.54, 1.807) is 24.4 Å². The van der Waals surface area contributed by atoms with Crippen LogP contribution in [0.1, 0.15) is 27.7 Å². The molecule has 0 unspecified atom stereocenters. The Labute approximate surface area is 114 Å². The number of rotatable bonds is 2. The Morgan fingerprint density at radius 1 is 0.947 bits per heavy atom. The summed E-state index contributed by atoms with van der Waals surface area (Å²) in [6.07, 6.45) is 1.55. The molecular formula is C15H20N2O2. The molecule has 2 rings (SSSR count). The molecule has 0 spiro atoms. The van der Waals surface area contributed by atoms with E-state index in [0.29, 0.717) is 5.69 Å². The second-order valence-corrected chi connectivity index (χ2v) is 2.99. The van der Waals surface area contributed by atoms with Gasteiger partial charge in [0.2, 0.25) is 0 Å². The fourth-order valence-electron chi connectivity index (χ4n) is 1.36. The Kier molecular flexibility index (Phi) is 8.62. The molecule has 1 aromatic heterocycles. The average molecular weight is 260 g/mol. The molecule has 0 fully saturated rings. The van der Waals surface area contributed by atoms with Crippen molar-refractivity contribution in [2.75, 3.05) is 0 Å². The predicted octanol–water partition coefficient (Wildman–Crippen LogP) is 4.71. The fraction of sp³-hybridized carbons (Fsp3) is 0.267. The van der Waals surface area contributed by atoms with E-state index >= 15 is 0 Å². The Balaban J connectivity index is 0.000000741. The molecule has 0 saturated heterocycles. The van der Waals surface area contributed by atoms with Crippen molar-refractivity contribution in [3.8, 4) is 11.3 Å². The summed E-state index contributed by atoms with van der Waals surface area (Å²) in [5, 5.41) is 10.8. The van der Waals surface area contributed by atoms with Crippen molar-refractivity contribution in [2.24, 2.45) is 0 Å². The summed E-state index contributed by atoms with van der Waals surface area (Å²) < 4.78 is 0. The number of hydrogen-bond acceptors (Lipinski definition) is 3. The number of benzene rings is 1. The highest BCUT2D eigenvalue weighted by molar-refractivity contribution is 5.68. The van der Waals surface area contributed by atoms with Crippen molar-refractivity contribution in [2.45, 2.75) is 27.7 Å². The molecule has 0 aliphatic heterocycles. The summed E-state index contributed by atoms with van der Waals surface area (Å²) in [5.74, 6) is 0. The van der Waals surface area contributed by atoms with E-state index in [4.69, 9.17) is 0 Å². The molecule has 0 aliphatic rings. The van der Waals surface area contributed by atoms with Crippen molar-refractivity contribution in [1.29, 1.82) is 0 Å². The third-order valence-electron chi connectivity index (χ3n) is 2.03. The maximum absolute atomic E-state index is 10.8. The number of nitro groups is 1. The molecule has 0 saturated carbocycles. The van der Waals surface area contributed by atoms with Gasteiger partial charge in [0.25, 0.3) is 5.69 Å². The number of aromatic nitrogens is 1. The average Bonchev–Trinajstić information content (AvgIpc) is 2.52. The Morgan fingerprint density at radius 2 is 1.53 bits per heavy atom. The normalized spacial score (nSPS) is 8.42. The molecular weight excluding hydrogens is 240 g/mol. The lowest BCUT2D eigenvalue weighted by Gasteiger charge is -2.00. The summed E-state index contributed by atoms with van der Waals surface area (Å²) in [4.78, 5) is 14.4. The minimum Gasteiger partial charge on any atom is -0.258 e. The van der Waals surface area contributed by atoms with Crippen molar-refractivity contribution in [3.63, 3.8) is 0 Å². The Hall–Kier alpha value is -2.23. The Morgan fingerprint density at radius 3 is 2.05 bits per heavy atom. The largest absolute Gasteiger partial charge is 0.295 e. The van der Waals surface area contributed by atoms with Crippen LogP contribution in [0.3, 0.4) is 0 Å². The van der Waals surface area contributed by atoms with Gasteiger partial charge >= 0.3 is 0 Å². The van der Waals surface area contributed by atoms with Crippen LogP contribution < -0.4 is 0 Å². The van der Waals surface area contributed by atoms with E-state index in [0.717, 1.165) is 5.56 Å². The van der Waals surface area contributed by atoms with Gasteiger partial charge in [-0.15, -0.1) is 0 Å².